The van der Waals surface area contributed by atoms with E-state index in [1.165, 1.54) is 35.2 Å². The van der Waals surface area contributed by atoms with Gasteiger partial charge in [0.05, 0.1) is 11.4 Å². The molecule has 8 heteroatoms. The molecule has 1 aromatic heterocycles. The van der Waals surface area contributed by atoms with Crippen LogP contribution in [0.15, 0.2) is 58.9 Å². The van der Waals surface area contributed by atoms with Crippen molar-refractivity contribution >= 4 is 41.2 Å². The summed E-state index contributed by atoms with van der Waals surface area (Å²) in [6.07, 6.45) is 0. The van der Waals surface area contributed by atoms with Crippen LogP contribution >= 0.6 is 35.3 Å². The van der Waals surface area contributed by atoms with E-state index in [-0.39, 0.29) is 23.0 Å². The first-order valence-corrected chi connectivity index (χ1v) is 11.3. The van der Waals surface area contributed by atoms with E-state index in [1.54, 1.807) is 16.8 Å². The topological polar surface area (TPSA) is 38.1 Å². The summed E-state index contributed by atoms with van der Waals surface area (Å²) in [5.41, 5.74) is 1.50. The molecule has 0 saturated heterocycles. The lowest BCUT2D eigenvalue weighted by Crippen LogP contribution is -2.45. The van der Waals surface area contributed by atoms with Crippen LogP contribution in [0.4, 0.5) is 4.39 Å². The molecule has 3 aromatic rings. The first-order chi connectivity index (χ1) is 13.7. The fourth-order valence-electron chi connectivity index (χ4n) is 2.73. The largest absolute Gasteiger partial charge is 0.333 e. The Morgan fingerprint density at radius 1 is 1.17 bits per heavy atom. The number of thioether (sulfide) groups is 1. The molecule has 152 valence electrons. The Labute approximate surface area is 183 Å². The molecule has 0 aliphatic heterocycles. The van der Waals surface area contributed by atoms with Crippen LogP contribution < -0.4 is 0 Å². The maximum Gasteiger partial charge on any atom is 0.233 e. The van der Waals surface area contributed by atoms with E-state index in [2.05, 4.69) is 5.10 Å². The van der Waals surface area contributed by atoms with Crippen LogP contribution in [-0.2, 0) is 11.3 Å². The summed E-state index contributed by atoms with van der Waals surface area (Å²) >= 11 is 8.10. The molecule has 0 fully saturated rings. The molecule has 3 rings (SSSR count). The molecule has 0 aliphatic carbocycles. The average Bonchev–Trinajstić information content (AvgIpc) is 3.05. The molecular formula is C21H22FN3OS3. The molecule has 0 N–H and O–H groups in total. The lowest BCUT2D eigenvalue weighted by atomic mass is 10.0. The Bertz CT molecular complexity index is 1020. The summed E-state index contributed by atoms with van der Waals surface area (Å²) < 4.78 is 16.0. The summed E-state index contributed by atoms with van der Waals surface area (Å²) in [5.74, 6) is 0.00712. The number of aromatic nitrogens is 2. The second kappa shape index (κ2) is 9.19. The van der Waals surface area contributed by atoms with Gasteiger partial charge in [0.25, 0.3) is 0 Å². The maximum absolute atomic E-state index is 13.1. The summed E-state index contributed by atoms with van der Waals surface area (Å²) in [4.78, 5) is 14.9. The maximum atomic E-state index is 13.1. The Morgan fingerprint density at radius 3 is 2.45 bits per heavy atom. The molecule has 1 heterocycles. The smallest absolute Gasteiger partial charge is 0.233 e. The highest BCUT2D eigenvalue weighted by Gasteiger charge is 2.26. The Hall–Kier alpha value is -2.03. The Morgan fingerprint density at radius 2 is 1.83 bits per heavy atom. The minimum atomic E-state index is -0.309. The number of rotatable bonds is 6. The molecule has 4 nitrogen and oxygen atoms in total. The summed E-state index contributed by atoms with van der Waals surface area (Å²) in [6.45, 7) is 6.66. The van der Waals surface area contributed by atoms with Crippen LogP contribution in [0, 0.1) is 9.77 Å². The Kier molecular flexibility index (Phi) is 6.87. The predicted molar refractivity (Wildman–Crippen MR) is 120 cm³/mol. The second-order valence-electron chi connectivity index (χ2n) is 7.45. The van der Waals surface area contributed by atoms with Gasteiger partial charge in [-0.1, -0.05) is 53.4 Å². The van der Waals surface area contributed by atoms with Gasteiger partial charge in [-0.2, -0.15) is 0 Å². The van der Waals surface area contributed by atoms with E-state index in [0.29, 0.717) is 20.5 Å². The molecule has 0 bridgehead atoms. The fourth-order valence-corrected chi connectivity index (χ4v) is 4.97. The van der Waals surface area contributed by atoms with E-state index >= 15 is 0 Å². The number of amides is 1. The fraction of sp³-hybridized carbons (Fsp3) is 0.286. The molecule has 1 amide bonds. The van der Waals surface area contributed by atoms with Crippen molar-refractivity contribution in [3.05, 3.63) is 69.9 Å². The molecule has 0 aliphatic rings. The lowest BCUT2D eigenvalue weighted by molar-refractivity contribution is -0.133. The van der Waals surface area contributed by atoms with Crippen molar-refractivity contribution in [1.29, 1.82) is 0 Å². The number of nitrogens with zero attached hydrogens (tertiary/aromatic N) is 3. The zero-order chi connectivity index (χ0) is 21.0. The minimum absolute atomic E-state index is 0.0424. The van der Waals surface area contributed by atoms with E-state index in [0.717, 1.165) is 5.56 Å². The SMILES string of the molecule is CC(C)(C)N(Cc1ccccc1)C(=O)CSc1nn(-c2ccc(F)cc2)c(=S)s1. The molecule has 0 saturated carbocycles. The Balaban J connectivity index is 1.71. The monoisotopic (exact) mass is 447 g/mol. The third-order valence-electron chi connectivity index (χ3n) is 4.21. The zero-order valence-corrected chi connectivity index (χ0v) is 18.9. The number of carbonyl (C=O) groups is 1. The van der Waals surface area contributed by atoms with Crippen molar-refractivity contribution < 1.29 is 9.18 Å². The van der Waals surface area contributed by atoms with Gasteiger partial charge in [-0.05, 0) is 62.8 Å². The highest BCUT2D eigenvalue weighted by molar-refractivity contribution is 8.01. The van der Waals surface area contributed by atoms with E-state index < -0.39 is 0 Å². The van der Waals surface area contributed by atoms with Crippen LogP contribution in [0.5, 0.6) is 0 Å². The average molecular weight is 448 g/mol. The van der Waals surface area contributed by atoms with Crippen molar-refractivity contribution in [2.45, 2.75) is 37.2 Å². The van der Waals surface area contributed by atoms with Crippen LogP contribution in [0.1, 0.15) is 26.3 Å². The predicted octanol–water partition coefficient (Wildman–Crippen LogP) is 5.72. The van der Waals surface area contributed by atoms with E-state index in [4.69, 9.17) is 12.2 Å². The molecule has 0 unspecified atom stereocenters. The summed E-state index contributed by atoms with van der Waals surface area (Å²) in [5, 5.41) is 4.49. The number of carbonyl (C=O) groups excluding carboxylic acids is 1. The first-order valence-electron chi connectivity index (χ1n) is 9.07. The third-order valence-corrected chi connectivity index (χ3v) is 6.56. The van der Waals surface area contributed by atoms with Crippen molar-refractivity contribution in [3.8, 4) is 5.69 Å². The van der Waals surface area contributed by atoms with Crippen molar-refractivity contribution in [2.75, 3.05) is 5.75 Å². The van der Waals surface area contributed by atoms with Gasteiger partial charge < -0.3 is 4.90 Å². The summed E-state index contributed by atoms with van der Waals surface area (Å²) in [6, 6.07) is 16.0. The van der Waals surface area contributed by atoms with Gasteiger partial charge in [0.15, 0.2) is 8.29 Å². The number of hydrogen-bond donors (Lipinski definition) is 0. The van der Waals surface area contributed by atoms with E-state index in [9.17, 15) is 9.18 Å². The number of hydrogen-bond acceptors (Lipinski definition) is 5. The molecule has 29 heavy (non-hydrogen) atoms. The standard InChI is InChI=1S/C21H22FN3OS3/c1-21(2,3)24(13-15-7-5-4-6-8-15)18(26)14-28-19-23-25(20(27)29-19)17-11-9-16(22)10-12-17/h4-12H,13-14H2,1-3H3. The van der Waals surface area contributed by atoms with Gasteiger partial charge in [0, 0.05) is 12.1 Å². The molecule has 2 aromatic carbocycles. The van der Waals surface area contributed by atoms with E-state index in [1.807, 2.05) is 56.0 Å². The first kappa shape index (κ1) is 21.7. The lowest BCUT2D eigenvalue weighted by Gasteiger charge is -2.36. The highest BCUT2D eigenvalue weighted by atomic mass is 32.2. The summed E-state index contributed by atoms with van der Waals surface area (Å²) in [7, 11) is 0. The number of halogens is 1. The third kappa shape index (κ3) is 5.74. The van der Waals surface area contributed by atoms with Crippen molar-refractivity contribution in [3.63, 3.8) is 0 Å². The van der Waals surface area contributed by atoms with Gasteiger partial charge in [0.1, 0.15) is 5.82 Å². The van der Waals surface area contributed by atoms with Crippen molar-refractivity contribution in [2.24, 2.45) is 0 Å². The number of benzene rings is 2. The van der Waals surface area contributed by atoms with Crippen molar-refractivity contribution in [1.82, 2.24) is 14.7 Å². The van der Waals surface area contributed by atoms with Crippen LogP contribution in [-0.4, -0.2) is 31.9 Å². The zero-order valence-electron chi connectivity index (χ0n) is 16.5. The van der Waals surface area contributed by atoms with Crippen LogP contribution in [0.2, 0.25) is 0 Å². The normalized spacial score (nSPS) is 11.4. The van der Waals surface area contributed by atoms with Crippen LogP contribution in [0.3, 0.4) is 0 Å². The quantitative estimate of drug-likeness (QED) is 0.358. The van der Waals surface area contributed by atoms with Gasteiger partial charge in [-0.25, -0.2) is 9.07 Å². The van der Waals surface area contributed by atoms with Gasteiger partial charge in [-0.15, -0.1) is 5.10 Å². The van der Waals surface area contributed by atoms with Gasteiger partial charge >= 0.3 is 0 Å². The highest BCUT2D eigenvalue weighted by Crippen LogP contribution is 2.26. The second-order valence-corrected chi connectivity index (χ2v) is 10.3. The molecule has 0 spiro atoms. The molecule has 0 radical (unpaired) electrons. The van der Waals surface area contributed by atoms with Gasteiger partial charge in [-0.3, -0.25) is 4.79 Å². The minimum Gasteiger partial charge on any atom is -0.333 e. The molecule has 0 atom stereocenters. The van der Waals surface area contributed by atoms with Crippen LogP contribution in [0.25, 0.3) is 5.69 Å². The molecular weight excluding hydrogens is 425 g/mol. The van der Waals surface area contributed by atoms with Gasteiger partial charge in [0.2, 0.25) is 5.91 Å².